The van der Waals surface area contributed by atoms with Crippen molar-refractivity contribution in [1.82, 2.24) is 0 Å². The monoisotopic (exact) mass is 284 g/mol. The summed E-state index contributed by atoms with van der Waals surface area (Å²) in [4.78, 5) is 35.5. The quantitative estimate of drug-likeness (QED) is 0.550. The number of Topliss-reactive ketones (excluding diaryl/α,β-unsaturated/α-hetero) is 2. The summed E-state index contributed by atoms with van der Waals surface area (Å²) in [5, 5.41) is 0. The van der Waals surface area contributed by atoms with Crippen LogP contribution in [0.1, 0.15) is 46.5 Å². The average Bonchev–Trinajstić information content (AvgIpc) is 2.36. The van der Waals surface area contributed by atoms with E-state index in [1.807, 2.05) is 13.8 Å². The Hall–Kier alpha value is -1.23. The lowest BCUT2D eigenvalue weighted by molar-refractivity contribution is -0.156. The Balaban J connectivity index is 2.78. The highest BCUT2D eigenvalue weighted by Crippen LogP contribution is 2.32. The van der Waals surface area contributed by atoms with Gasteiger partial charge >= 0.3 is 5.97 Å². The van der Waals surface area contributed by atoms with Gasteiger partial charge in [-0.3, -0.25) is 14.4 Å². The Bertz CT molecular complexity index is 386. The molecule has 0 unspecified atom stereocenters. The van der Waals surface area contributed by atoms with Gasteiger partial charge in [-0.1, -0.05) is 0 Å². The predicted octanol–water partition coefficient (Wildman–Crippen LogP) is 1.92. The number of hydrogen-bond acceptors (Lipinski definition) is 5. The highest BCUT2D eigenvalue weighted by atomic mass is 16.5. The second kappa shape index (κ2) is 6.97. The molecule has 0 saturated heterocycles. The molecule has 5 heteroatoms. The zero-order valence-electron chi connectivity index (χ0n) is 12.7. The van der Waals surface area contributed by atoms with Crippen molar-refractivity contribution in [2.24, 2.45) is 11.8 Å². The molecule has 5 nitrogen and oxygen atoms in total. The summed E-state index contributed by atoms with van der Waals surface area (Å²) in [6.45, 7) is 5.84. The van der Waals surface area contributed by atoms with Gasteiger partial charge in [-0.15, -0.1) is 0 Å². The van der Waals surface area contributed by atoms with Crippen LogP contribution in [-0.4, -0.2) is 36.9 Å². The first-order chi connectivity index (χ1) is 9.30. The molecule has 1 rings (SSSR count). The minimum atomic E-state index is -0.791. The molecular weight excluding hydrogens is 260 g/mol. The van der Waals surface area contributed by atoms with E-state index in [1.165, 1.54) is 0 Å². The smallest absolute Gasteiger partial charge is 0.316 e. The molecule has 0 amide bonds. The van der Waals surface area contributed by atoms with E-state index in [0.717, 1.165) is 0 Å². The maximum absolute atomic E-state index is 12.0. The molecular formula is C15H24O5. The summed E-state index contributed by atoms with van der Waals surface area (Å²) in [5.41, 5.74) is -0.331. The lowest BCUT2D eigenvalue weighted by atomic mass is 9.74. The molecule has 1 fully saturated rings. The van der Waals surface area contributed by atoms with Crippen LogP contribution < -0.4 is 0 Å². The van der Waals surface area contributed by atoms with Gasteiger partial charge in [-0.05, 0) is 39.5 Å². The van der Waals surface area contributed by atoms with Crippen LogP contribution in [0.5, 0.6) is 0 Å². The summed E-state index contributed by atoms with van der Waals surface area (Å²) >= 11 is 0. The van der Waals surface area contributed by atoms with E-state index in [1.54, 1.807) is 14.0 Å². The van der Waals surface area contributed by atoms with Crippen molar-refractivity contribution in [3.05, 3.63) is 0 Å². The van der Waals surface area contributed by atoms with Gasteiger partial charge in [-0.2, -0.15) is 0 Å². The van der Waals surface area contributed by atoms with Crippen molar-refractivity contribution < 1.29 is 23.9 Å². The maximum Gasteiger partial charge on any atom is 0.316 e. The maximum atomic E-state index is 12.0. The van der Waals surface area contributed by atoms with Gasteiger partial charge < -0.3 is 9.47 Å². The number of esters is 1. The molecule has 20 heavy (non-hydrogen) atoms. The number of rotatable bonds is 6. The van der Waals surface area contributed by atoms with Gasteiger partial charge in [0.25, 0.3) is 0 Å². The summed E-state index contributed by atoms with van der Waals surface area (Å²) in [7, 11) is 1.63. The first-order valence-electron chi connectivity index (χ1n) is 7.07. The van der Waals surface area contributed by atoms with Crippen molar-refractivity contribution in [1.29, 1.82) is 0 Å². The Labute approximate surface area is 120 Å². The summed E-state index contributed by atoms with van der Waals surface area (Å²) in [5.74, 6) is -1.95. The van der Waals surface area contributed by atoms with Crippen LogP contribution in [0.4, 0.5) is 0 Å². The lowest BCUT2D eigenvalue weighted by Crippen LogP contribution is -2.40. The highest BCUT2D eigenvalue weighted by Gasteiger charge is 2.41. The van der Waals surface area contributed by atoms with Crippen molar-refractivity contribution >= 4 is 17.5 Å². The Morgan fingerprint density at radius 2 is 2.00 bits per heavy atom. The third-order valence-electron chi connectivity index (χ3n) is 3.89. The summed E-state index contributed by atoms with van der Waals surface area (Å²) < 4.78 is 10.3. The van der Waals surface area contributed by atoms with E-state index in [2.05, 4.69) is 0 Å². The topological polar surface area (TPSA) is 69.7 Å². The van der Waals surface area contributed by atoms with Gasteiger partial charge in [0.05, 0.1) is 18.6 Å². The number of hydrogen-bond donors (Lipinski definition) is 0. The van der Waals surface area contributed by atoms with Crippen molar-refractivity contribution in [2.45, 2.75) is 52.1 Å². The van der Waals surface area contributed by atoms with E-state index >= 15 is 0 Å². The third-order valence-corrected chi connectivity index (χ3v) is 3.89. The zero-order valence-corrected chi connectivity index (χ0v) is 12.7. The van der Waals surface area contributed by atoms with Crippen LogP contribution in [0.25, 0.3) is 0 Å². The normalized spacial score (nSPS) is 23.8. The first-order valence-corrected chi connectivity index (χ1v) is 7.07. The summed E-state index contributed by atoms with van der Waals surface area (Å²) in [6, 6.07) is 0. The fourth-order valence-electron chi connectivity index (χ4n) is 2.51. The molecule has 0 heterocycles. The molecule has 0 aromatic rings. The minimum absolute atomic E-state index is 0.0872. The van der Waals surface area contributed by atoms with Crippen molar-refractivity contribution in [3.8, 4) is 0 Å². The summed E-state index contributed by atoms with van der Waals surface area (Å²) in [6.07, 6.45) is 1.41. The van der Waals surface area contributed by atoms with Crippen LogP contribution in [0.2, 0.25) is 0 Å². The number of carbonyl (C=O) groups excluding carboxylic acids is 3. The van der Waals surface area contributed by atoms with Crippen LogP contribution in [0.15, 0.2) is 0 Å². The molecule has 1 saturated carbocycles. The molecule has 0 aromatic carbocycles. The van der Waals surface area contributed by atoms with E-state index in [0.29, 0.717) is 12.8 Å². The second-order valence-corrected chi connectivity index (χ2v) is 5.88. The zero-order chi connectivity index (χ0) is 15.3. The van der Waals surface area contributed by atoms with Gasteiger partial charge in [0.2, 0.25) is 0 Å². The van der Waals surface area contributed by atoms with Gasteiger partial charge in [0.1, 0.15) is 11.7 Å². The SMILES string of the molecule is CCOC(=O)[C@H]1C(=O)CC(=O)C[C@@H]1CCC(C)(C)OC. The molecule has 114 valence electrons. The standard InChI is InChI=1S/C15H24O5/c1-5-20-14(18)13-10(6-7-15(2,3)19-4)8-11(16)9-12(13)17/h10,13H,5-9H2,1-4H3/t10-,13+/m0/s1. The van der Waals surface area contributed by atoms with E-state index < -0.39 is 11.9 Å². The minimum Gasteiger partial charge on any atom is -0.465 e. The molecule has 0 bridgehead atoms. The molecule has 0 aliphatic heterocycles. The molecule has 1 aliphatic rings. The van der Waals surface area contributed by atoms with E-state index in [4.69, 9.17) is 9.47 Å². The number of methoxy groups -OCH3 is 1. The molecule has 0 aromatic heterocycles. The lowest BCUT2D eigenvalue weighted by Gasteiger charge is -2.31. The Morgan fingerprint density at radius 1 is 1.35 bits per heavy atom. The molecule has 1 aliphatic carbocycles. The fourth-order valence-corrected chi connectivity index (χ4v) is 2.51. The van der Waals surface area contributed by atoms with Gasteiger partial charge in [0.15, 0.2) is 5.78 Å². The number of ketones is 2. The van der Waals surface area contributed by atoms with Crippen LogP contribution >= 0.6 is 0 Å². The van der Waals surface area contributed by atoms with E-state index in [-0.39, 0.29) is 42.5 Å². The van der Waals surface area contributed by atoms with Gasteiger partial charge in [0, 0.05) is 13.5 Å². The Morgan fingerprint density at radius 3 is 2.55 bits per heavy atom. The third kappa shape index (κ3) is 4.40. The van der Waals surface area contributed by atoms with Gasteiger partial charge in [-0.25, -0.2) is 0 Å². The number of ether oxygens (including phenoxy) is 2. The average molecular weight is 284 g/mol. The van der Waals surface area contributed by atoms with Crippen LogP contribution in [0.3, 0.4) is 0 Å². The van der Waals surface area contributed by atoms with Crippen molar-refractivity contribution in [2.75, 3.05) is 13.7 Å². The molecule has 0 N–H and O–H groups in total. The molecule has 0 spiro atoms. The largest absolute Gasteiger partial charge is 0.465 e. The van der Waals surface area contributed by atoms with Crippen LogP contribution in [-0.2, 0) is 23.9 Å². The molecule has 2 atom stereocenters. The first kappa shape index (κ1) is 16.8. The predicted molar refractivity (Wildman–Crippen MR) is 73.2 cm³/mol. The van der Waals surface area contributed by atoms with E-state index in [9.17, 15) is 14.4 Å². The second-order valence-electron chi connectivity index (χ2n) is 5.88. The van der Waals surface area contributed by atoms with Crippen LogP contribution in [0, 0.1) is 11.8 Å². The fraction of sp³-hybridized carbons (Fsp3) is 0.800. The van der Waals surface area contributed by atoms with Crippen molar-refractivity contribution in [3.63, 3.8) is 0 Å². The Kier molecular flexibility index (Phi) is 5.87. The highest BCUT2D eigenvalue weighted by molar-refractivity contribution is 6.10. The molecule has 0 radical (unpaired) electrons. The number of carbonyl (C=O) groups is 3.